The molecule has 1 amide bonds. The van der Waals surface area contributed by atoms with E-state index in [1.54, 1.807) is 12.4 Å². The molecule has 5 heteroatoms. The average molecular weight is 362 g/mol. The Morgan fingerprint density at radius 3 is 2.48 bits per heavy atom. The van der Waals surface area contributed by atoms with Gasteiger partial charge in [0.05, 0.1) is 0 Å². The van der Waals surface area contributed by atoms with E-state index in [0.29, 0.717) is 13.1 Å². The third kappa shape index (κ3) is 4.61. The Hall–Kier alpha value is -2.95. The molecule has 3 rings (SSSR count). The zero-order chi connectivity index (χ0) is 19.2. The second-order valence-corrected chi connectivity index (χ2v) is 6.85. The van der Waals surface area contributed by atoms with Crippen LogP contribution in [0.25, 0.3) is 0 Å². The first-order valence-electron chi connectivity index (χ1n) is 9.29. The summed E-state index contributed by atoms with van der Waals surface area (Å²) >= 11 is 0. The summed E-state index contributed by atoms with van der Waals surface area (Å²) in [6.45, 7) is 7.01. The van der Waals surface area contributed by atoms with E-state index in [-0.39, 0.29) is 5.91 Å². The van der Waals surface area contributed by atoms with Gasteiger partial charge in [-0.05, 0) is 56.4 Å². The Labute approximate surface area is 160 Å². The molecule has 0 aliphatic carbocycles. The Morgan fingerprint density at radius 2 is 1.85 bits per heavy atom. The van der Waals surface area contributed by atoms with Crippen molar-refractivity contribution in [3.63, 3.8) is 0 Å². The predicted octanol–water partition coefficient (Wildman–Crippen LogP) is 3.87. The number of para-hydroxylation sites is 1. The number of hydrogen-bond donors (Lipinski definition) is 0. The molecular weight excluding hydrogens is 336 g/mol. The third-order valence-corrected chi connectivity index (χ3v) is 4.81. The molecule has 0 unspecified atom stereocenters. The number of aryl methyl sites for hydroxylation is 4. The van der Waals surface area contributed by atoms with Crippen LogP contribution >= 0.6 is 0 Å². The van der Waals surface area contributed by atoms with Crippen LogP contribution in [0.4, 0.5) is 5.69 Å². The second kappa shape index (κ2) is 8.62. The topological polar surface area (TPSA) is 51.0 Å². The van der Waals surface area contributed by atoms with E-state index < -0.39 is 0 Å². The summed E-state index contributed by atoms with van der Waals surface area (Å²) < 4.78 is 1.89. The van der Waals surface area contributed by atoms with Crippen molar-refractivity contribution < 1.29 is 4.79 Å². The van der Waals surface area contributed by atoms with E-state index in [1.165, 1.54) is 5.56 Å². The van der Waals surface area contributed by atoms with Crippen LogP contribution in [-0.2, 0) is 17.8 Å². The number of imidazole rings is 1. The van der Waals surface area contributed by atoms with Crippen molar-refractivity contribution in [1.29, 1.82) is 0 Å². The van der Waals surface area contributed by atoms with Gasteiger partial charge in [0.15, 0.2) is 0 Å². The van der Waals surface area contributed by atoms with Crippen LogP contribution in [0.5, 0.6) is 0 Å². The predicted molar refractivity (Wildman–Crippen MR) is 108 cm³/mol. The van der Waals surface area contributed by atoms with Crippen molar-refractivity contribution in [2.75, 3.05) is 11.4 Å². The molecule has 140 valence electrons. The molecule has 0 N–H and O–H groups in total. The van der Waals surface area contributed by atoms with E-state index in [0.717, 1.165) is 35.5 Å². The number of pyridine rings is 1. The van der Waals surface area contributed by atoms with Crippen molar-refractivity contribution in [3.05, 3.63) is 77.6 Å². The Balaban J connectivity index is 1.80. The first-order chi connectivity index (χ1) is 13.1. The Bertz CT molecular complexity index is 881. The quantitative estimate of drug-likeness (QED) is 0.641. The van der Waals surface area contributed by atoms with E-state index in [4.69, 9.17) is 0 Å². The third-order valence-electron chi connectivity index (χ3n) is 4.81. The highest BCUT2D eigenvalue weighted by Crippen LogP contribution is 2.25. The fraction of sp³-hybridized carbons (Fsp3) is 0.318. The highest BCUT2D eigenvalue weighted by molar-refractivity contribution is 5.94. The van der Waals surface area contributed by atoms with Crippen LogP contribution in [-0.4, -0.2) is 27.0 Å². The van der Waals surface area contributed by atoms with E-state index in [9.17, 15) is 4.79 Å². The summed E-state index contributed by atoms with van der Waals surface area (Å²) in [7, 11) is 0. The first-order valence-corrected chi connectivity index (χ1v) is 9.29. The molecule has 0 aliphatic heterocycles. The van der Waals surface area contributed by atoms with Crippen LogP contribution in [0, 0.1) is 20.8 Å². The van der Waals surface area contributed by atoms with E-state index >= 15 is 0 Å². The maximum absolute atomic E-state index is 13.2. The fourth-order valence-electron chi connectivity index (χ4n) is 3.38. The van der Waals surface area contributed by atoms with Crippen LogP contribution < -0.4 is 4.90 Å². The van der Waals surface area contributed by atoms with Crippen LogP contribution in [0.15, 0.2) is 55.1 Å². The van der Waals surface area contributed by atoms with Gasteiger partial charge >= 0.3 is 0 Å². The highest BCUT2D eigenvalue weighted by atomic mass is 16.2. The zero-order valence-electron chi connectivity index (χ0n) is 16.2. The van der Waals surface area contributed by atoms with Gasteiger partial charge in [0.1, 0.15) is 12.4 Å². The molecule has 0 saturated heterocycles. The SMILES string of the molecule is Cc1cccc(C)c1N(CCCc1cccnc1)C(=O)Cn1ccnc1C. The minimum Gasteiger partial charge on any atom is -0.326 e. The molecule has 0 aliphatic rings. The number of hydrogen-bond acceptors (Lipinski definition) is 3. The largest absolute Gasteiger partial charge is 0.326 e. The number of benzene rings is 1. The molecule has 2 aromatic heterocycles. The molecule has 0 saturated carbocycles. The van der Waals surface area contributed by atoms with E-state index in [2.05, 4.69) is 42.0 Å². The summed E-state index contributed by atoms with van der Waals surface area (Å²) in [6.07, 6.45) is 9.03. The minimum atomic E-state index is 0.0830. The number of carbonyl (C=O) groups excluding carboxylic acids is 1. The Morgan fingerprint density at radius 1 is 1.07 bits per heavy atom. The molecule has 1 aromatic carbocycles. The number of carbonyl (C=O) groups is 1. The summed E-state index contributed by atoms with van der Waals surface area (Å²) in [5.74, 6) is 0.930. The molecule has 0 atom stereocenters. The lowest BCUT2D eigenvalue weighted by Crippen LogP contribution is -2.36. The Kier molecular flexibility index (Phi) is 6.01. The molecule has 27 heavy (non-hydrogen) atoms. The number of rotatable bonds is 7. The summed E-state index contributed by atoms with van der Waals surface area (Å²) in [5, 5.41) is 0. The maximum Gasteiger partial charge on any atom is 0.246 e. The lowest BCUT2D eigenvalue weighted by molar-refractivity contribution is -0.119. The monoisotopic (exact) mass is 362 g/mol. The highest BCUT2D eigenvalue weighted by Gasteiger charge is 2.20. The lowest BCUT2D eigenvalue weighted by atomic mass is 10.1. The van der Waals surface area contributed by atoms with Gasteiger partial charge in [-0.1, -0.05) is 24.3 Å². The smallest absolute Gasteiger partial charge is 0.246 e. The van der Waals surface area contributed by atoms with Crippen LogP contribution in [0.2, 0.25) is 0 Å². The first kappa shape index (κ1) is 18.8. The van der Waals surface area contributed by atoms with Crippen molar-refractivity contribution in [3.8, 4) is 0 Å². The van der Waals surface area contributed by atoms with Crippen LogP contribution in [0.3, 0.4) is 0 Å². The lowest BCUT2D eigenvalue weighted by Gasteiger charge is -2.27. The van der Waals surface area contributed by atoms with E-state index in [1.807, 2.05) is 40.9 Å². The average Bonchev–Trinajstić information content (AvgIpc) is 3.05. The van der Waals surface area contributed by atoms with Gasteiger partial charge in [-0.3, -0.25) is 9.78 Å². The molecular formula is C22H26N4O. The normalized spacial score (nSPS) is 10.8. The van der Waals surface area contributed by atoms with Crippen molar-refractivity contribution >= 4 is 11.6 Å². The molecule has 5 nitrogen and oxygen atoms in total. The van der Waals surface area contributed by atoms with Crippen molar-refractivity contribution in [2.24, 2.45) is 0 Å². The van der Waals surface area contributed by atoms with Gasteiger partial charge < -0.3 is 9.47 Å². The van der Waals surface area contributed by atoms with Crippen LogP contribution in [0.1, 0.15) is 28.9 Å². The summed E-state index contributed by atoms with van der Waals surface area (Å²) in [6, 6.07) is 10.2. The number of amides is 1. The molecule has 0 fully saturated rings. The molecule has 0 bridgehead atoms. The van der Waals surface area contributed by atoms with Gasteiger partial charge in [-0.25, -0.2) is 4.98 Å². The standard InChI is InChI=1S/C22H26N4O/c1-17-7-4-8-18(2)22(17)26(13-6-10-20-9-5-11-23-15-20)21(27)16-25-14-12-24-19(25)3/h4-5,7-9,11-12,14-15H,6,10,13,16H2,1-3H3. The van der Waals surface area contributed by atoms with Crippen molar-refractivity contribution in [2.45, 2.75) is 40.2 Å². The minimum absolute atomic E-state index is 0.0830. The molecule has 0 radical (unpaired) electrons. The van der Waals surface area contributed by atoms with Gasteiger partial charge in [0, 0.05) is 37.0 Å². The number of nitrogens with zero attached hydrogens (tertiary/aromatic N) is 4. The summed E-state index contributed by atoms with van der Waals surface area (Å²) in [5.41, 5.74) is 4.45. The zero-order valence-corrected chi connectivity index (χ0v) is 16.2. The summed E-state index contributed by atoms with van der Waals surface area (Å²) in [4.78, 5) is 23.5. The van der Waals surface area contributed by atoms with Gasteiger partial charge in [-0.15, -0.1) is 0 Å². The van der Waals surface area contributed by atoms with Gasteiger partial charge in [-0.2, -0.15) is 0 Å². The number of aromatic nitrogens is 3. The second-order valence-electron chi connectivity index (χ2n) is 6.85. The molecule has 3 aromatic rings. The van der Waals surface area contributed by atoms with Crippen molar-refractivity contribution in [1.82, 2.24) is 14.5 Å². The maximum atomic E-state index is 13.2. The fourth-order valence-corrected chi connectivity index (χ4v) is 3.38. The van der Waals surface area contributed by atoms with Gasteiger partial charge in [0.2, 0.25) is 5.91 Å². The molecule has 0 spiro atoms. The number of anilines is 1. The molecule has 2 heterocycles. The van der Waals surface area contributed by atoms with Gasteiger partial charge in [0.25, 0.3) is 0 Å².